The van der Waals surface area contributed by atoms with E-state index in [0.29, 0.717) is 55.2 Å². The van der Waals surface area contributed by atoms with Crippen molar-refractivity contribution < 1.29 is 27.5 Å². The summed E-state index contributed by atoms with van der Waals surface area (Å²) in [5.74, 6) is -0.491. The van der Waals surface area contributed by atoms with E-state index in [-0.39, 0.29) is 22.6 Å². The number of fused-ring (bicyclic) bond motifs is 2. The summed E-state index contributed by atoms with van der Waals surface area (Å²) >= 11 is 7.12. The molecule has 0 aliphatic carbocycles. The second-order valence-electron chi connectivity index (χ2n) is 11.0. The van der Waals surface area contributed by atoms with Gasteiger partial charge in [0, 0.05) is 40.0 Å². The Balaban J connectivity index is 1.11. The van der Waals surface area contributed by atoms with E-state index < -0.39 is 28.0 Å². The lowest BCUT2D eigenvalue weighted by Gasteiger charge is -2.33. The Morgan fingerprint density at radius 3 is 2.64 bits per heavy atom. The van der Waals surface area contributed by atoms with Crippen LogP contribution in [0.4, 0.5) is 5.69 Å². The minimum atomic E-state index is -3.98. The first-order chi connectivity index (χ1) is 21.1. The van der Waals surface area contributed by atoms with Crippen LogP contribution in [0.5, 0.6) is 5.75 Å². The van der Waals surface area contributed by atoms with Crippen molar-refractivity contribution in [1.82, 2.24) is 14.5 Å². The minimum Gasteiger partial charge on any atom is -0.496 e. The molecule has 3 amide bonds. The highest BCUT2D eigenvalue weighted by atomic mass is 35.5. The van der Waals surface area contributed by atoms with E-state index in [9.17, 15) is 22.8 Å². The molecular weight excluding hydrogens is 624 g/mol. The van der Waals surface area contributed by atoms with Gasteiger partial charge in [0.1, 0.15) is 22.0 Å². The first kappa shape index (κ1) is 30.3. The molecule has 13 heteroatoms. The first-order valence-electron chi connectivity index (χ1n) is 14.3. The van der Waals surface area contributed by atoms with Crippen LogP contribution in [-0.4, -0.2) is 74.8 Å². The molecule has 10 nitrogen and oxygen atoms in total. The van der Waals surface area contributed by atoms with Crippen LogP contribution in [0.15, 0.2) is 64.9 Å². The smallest absolute Gasteiger partial charge is 0.250 e. The fourth-order valence-electron chi connectivity index (χ4n) is 5.90. The van der Waals surface area contributed by atoms with Crippen molar-refractivity contribution in [3.8, 4) is 5.75 Å². The lowest BCUT2D eigenvalue weighted by atomic mass is 10.1. The van der Waals surface area contributed by atoms with Crippen molar-refractivity contribution in [1.29, 1.82) is 0 Å². The third kappa shape index (κ3) is 6.12. The molecule has 3 aromatic carbocycles. The number of benzene rings is 3. The maximum Gasteiger partial charge on any atom is 0.250 e. The second-order valence-corrected chi connectivity index (χ2v) is 14.4. The van der Waals surface area contributed by atoms with E-state index in [1.807, 2.05) is 30.3 Å². The van der Waals surface area contributed by atoms with Crippen molar-refractivity contribution in [3.05, 3.63) is 65.7 Å². The molecule has 2 aliphatic rings. The molecule has 2 fully saturated rings. The summed E-state index contributed by atoms with van der Waals surface area (Å²) < 4.78 is 35.2. The average Bonchev–Trinajstić information content (AvgIpc) is 3.67. The van der Waals surface area contributed by atoms with Crippen molar-refractivity contribution in [3.63, 3.8) is 0 Å². The normalized spacial score (nSPS) is 19.1. The highest BCUT2D eigenvalue weighted by Gasteiger charge is 2.38. The molecule has 2 atom stereocenters. The molecule has 2 unspecified atom stereocenters. The number of piperidine rings is 1. The lowest BCUT2D eigenvalue weighted by Crippen LogP contribution is -2.55. The van der Waals surface area contributed by atoms with Crippen LogP contribution in [0.3, 0.4) is 0 Å². The van der Waals surface area contributed by atoms with Gasteiger partial charge in [-0.3, -0.25) is 14.4 Å². The number of anilines is 1. The molecule has 2 saturated heterocycles. The third-order valence-corrected chi connectivity index (χ3v) is 11.3. The highest BCUT2D eigenvalue weighted by Crippen LogP contribution is 2.32. The molecule has 1 aromatic heterocycles. The molecule has 0 spiro atoms. The van der Waals surface area contributed by atoms with Gasteiger partial charge >= 0.3 is 0 Å². The quantitative estimate of drug-likeness (QED) is 0.286. The van der Waals surface area contributed by atoms with Crippen LogP contribution in [0.2, 0.25) is 5.02 Å². The van der Waals surface area contributed by atoms with Crippen LogP contribution < -0.4 is 14.8 Å². The number of ether oxygens (including phenoxy) is 1. The summed E-state index contributed by atoms with van der Waals surface area (Å²) in [6, 6.07) is 16.3. The summed E-state index contributed by atoms with van der Waals surface area (Å²) in [5.41, 5.74) is 0.563. The van der Waals surface area contributed by atoms with E-state index in [1.54, 1.807) is 37.4 Å². The second kappa shape index (κ2) is 12.4. The molecule has 0 radical (unpaired) electrons. The molecule has 44 heavy (non-hydrogen) atoms. The van der Waals surface area contributed by atoms with Crippen molar-refractivity contribution in [2.75, 3.05) is 32.1 Å². The van der Waals surface area contributed by atoms with Crippen LogP contribution >= 0.6 is 22.9 Å². The molecule has 2 N–H and O–H groups in total. The Hall–Kier alpha value is -3.71. The van der Waals surface area contributed by atoms with E-state index in [2.05, 4.69) is 10.0 Å². The number of carbonyl (C=O) groups is 3. The van der Waals surface area contributed by atoms with Gasteiger partial charge in [-0.05, 0) is 60.7 Å². The Labute approximate surface area is 264 Å². The number of hydrogen-bond acceptors (Lipinski definition) is 7. The topological polar surface area (TPSA) is 125 Å². The number of nitrogens with one attached hydrogen (secondary N) is 2. The van der Waals surface area contributed by atoms with Crippen molar-refractivity contribution in [2.24, 2.45) is 0 Å². The van der Waals surface area contributed by atoms with Gasteiger partial charge in [-0.2, -0.15) is 4.72 Å². The standard InChI is InChI=1S/C31H31ClN4O6S2/c1-42-26-17-22(14-19-6-2-3-7-23(19)26)33-30(38)25-9-5-13-36(25)28(37)18-35-12-4-8-24(31(35)39)34-44(40,41)29-15-20-10-11-21(32)16-27(20)43-29/h2-3,6-7,10-11,14-17,24-25,34H,4-5,8-9,12-13,18H2,1H3,(H,33,38). The number of hydrogen-bond donors (Lipinski definition) is 2. The number of likely N-dealkylation sites (tertiary alicyclic amines) is 2. The molecule has 0 bridgehead atoms. The largest absolute Gasteiger partial charge is 0.496 e. The number of nitrogens with zero attached hydrogens (tertiary/aromatic N) is 2. The van der Waals surface area contributed by atoms with E-state index in [4.69, 9.17) is 16.3 Å². The molecule has 3 heterocycles. The third-order valence-electron chi connectivity index (χ3n) is 8.07. The van der Waals surface area contributed by atoms with Gasteiger partial charge in [-0.1, -0.05) is 41.9 Å². The number of halogens is 1. The minimum absolute atomic E-state index is 0.0886. The monoisotopic (exact) mass is 654 g/mol. The fourth-order valence-corrected chi connectivity index (χ4v) is 8.81. The molecule has 2 aliphatic heterocycles. The molecule has 6 rings (SSSR count). The maximum atomic E-state index is 13.4. The maximum absolute atomic E-state index is 13.4. The zero-order valence-electron chi connectivity index (χ0n) is 23.9. The number of thiophene rings is 1. The predicted octanol–water partition coefficient (Wildman–Crippen LogP) is 4.62. The zero-order chi connectivity index (χ0) is 31.0. The van der Waals surface area contributed by atoms with Crippen LogP contribution in [0, 0.1) is 0 Å². The Kier molecular flexibility index (Phi) is 8.51. The Morgan fingerprint density at radius 1 is 1.02 bits per heavy atom. The van der Waals surface area contributed by atoms with Gasteiger partial charge in [0.2, 0.25) is 17.7 Å². The van der Waals surface area contributed by atoms with Crippen LogP contribution in [0.1, 0.15) is 25.7 Å². The highest BCUT2D eigenvalue weighted by molar-refractivity contribution is 7.91. The molecule has 0 saturated carbocycles. The van der Waals surface area contributed by atoms with Gasteiger partial charge in [0.15, 0.2) is 0 Å². The first-order valence-corrected chi connectivity index (χ1v) is 17.0. The number of sulfonamides is 1. The van der Waals surface area contributed by atoms with Gasteiger partial charge in [0.25, 0.3) is 10.0 Å². The predicted molar refractivity (Wildman–Crippen MR) is 171 cm³/mol. The van der Waals surface area contributed by atoms with Gasteiger partial charge < -0.3 is 19.9 Å². The SMILES string of the molecule is COc1cc(NC(=O)C2CCCN2C(=O)CN2CCCC(NS(=O)(=O)c3cc4ccc(Cl)cc4s3)C2=O)cc2ccccc12. The van der Waals surface area contributed by atoms with Crippen LogP contribution in [-0.2, 0) is 24.4 Å². The molecular formula is C31H31ClN4O6S2. The fraction of sp³-hybridized carbons (Fsp3) is 0.323. The van der Waals surface area contributed by atoms with E-state index in [0.717, 1.165) is 32.2 Å². The molecule has 4 aromatic rings. The van der Waals surface area contributed by atoms with E-state index >= 15 is 0 Å². The summed E-state index contributed by atoms with van der Waals surface area (Å²) in [7, 11) is -2.41. The number of rotatable bonds is 8. The Bertz CT molecular complexity index is 1880. The van der Waals surface area contributed by atoms with Crippen molar-refractivity contribution >= 4 is 77.2 Å². The van der Waals surface area contributed by atoms with Gasteiger partial charge in [-0.25, -0.2) is 8.42 Å². The molecule has 230 valence electrons. The number of amides is 3. The number of carbonyl (C=O) groups excluding carboxylic acids is 3. The average molecular weight is 655 g/mol. The van der Waals surface area contributed by atoms with Crippen molar-refractivity contribution in [2.45, 2.75) is 42.0 Å². The van der Waals surface area contributed by atoms with E-state index in [1.165, 1.54) is 9.80 Å². The Morgan fingerprint density at radius 2 is 1.82 bits per heavy atom. The van der Waals surface area contributed by atoms with Crippen LogP contribution in [0.25, 0.3) is 20.9 Å². The summed E-state index contributed by atoms with van der Waals surface area (Å²) in [6.07, 6.45) is 2.01. The van der Waals surface area contributed by atoms with Gasteiger partial charge in [0.05, 0.1) is 13.7 Å². The summed E-state index contributed by atoms with van der Waals surface area (Å²) in [5, 5.41) is 6.01. The lowest BCUT2D eigenvalue weighted by molar-refractivity contribution is -0.144. The summed E-state index contributed by atoms with van der Waals surface area (Å²) in [6.45, 7) is 0.490. The van der Waals surface area contributed by atoms with Gasteiger partial charge in [-0.15, -0.1) is 11.3 Å². The number of methoxy groups -OCH3 is 1. The summed E-state index contributed by atoms with van der Waals surface area (Å²) in [4.78, 5) is 43.0. The zero-order valence-corrected chi connectivity index (χ0v) is 26.3.